The lowest BCUT2D eigenvalue weighted by atomic mass is 10.1. The number of nitrogens with zero attached hydrogens (tertiary/aromatic N) is 4. The van der Waals surface area contributed by atoms with Crippen LogP contribution >= 0.6 is 15.9 Å². The van der Waals surface area contributed by atoms with Crippen LogP contribution in [-0.2, 0) is 0 Å². The molecule has 0 bridgehead atoms. The fourth-order valence-corrected chi connectivity index (χ4v) is 2.30. The quantitative estimate of drug-likeness (QED) is 0.720. The molecular formula is C15H13BrN4. The van der Waals surface area contributed by atoms with E-state index in [-0.39, 0.29) is 0 Å². The van der Waals surface area contributed by atoms with Gasteiger partial charge in [-0.25, -0.2) is 14.6 Å². The van der Waals surface area contributed by atoms with Gasteiger partial charge in [0.2, 0.25) is 0 Å². The van der Waals surface area contributed by atoms with E-state index in [1.807, 2.05) is 56.6 Å². The van der Waals surface area contributed by atoms with Gasteiger partial charge in [0.25, 0.3) is 5.95 Å². The number of rotatable bonds is 2. The summed E-state index contributed by atoms with van der Waals surface area (Å²) < 4.78 is 2.77. The van der Waals surface area contributed by atoms with Crippen molar-refractivity contribution in [2.45, 2.75) is 13.8 Å². The second-order valence-corrected chi connectivity index (χ2v) is 5.55. The molecule has 1 aromatic carbocycles. The maximum Gasteiger partial charge on any atom is 0.250 e. The molecule has 100 valence electrons. The summed E-state index contributed by atoms with van der Waals surface area (Å²) in [6.45, 7) is 3.91. The Labute approximate surface area is 125 Å². The van der Waals surface area contributed by atoms with Crippen molar-refractivity contribution in [3.05, 3.63) is 58.6 Å². The van der Waals surface area contributed by atoms with Crippen molar-refractivity contribution in [3.8, 4) is 17.1 Å². The molecule has 0 aliphatic carbocycles. The Morgan fingerprint density at radius 3 is 2.25 bits per heavy atom. The molecular weight excluding hydrogens is 316 g/mol. The molecule has 3 aromatic rings. The Morgan fingerprint density at radius 2 is 1.60 bits per heavy atom. The fraction of sp³-hybridized carbons (Fsp3) is 0.133. The van der Waals surface area contributed by atoms with Crippen molar-refractivity contribution in [3.63, 3.8) is 0 Å². The van der Waals surface area contributed by atoms with Crippen LogP contribution in [0.25, 0.3) is 17.1 Å². The van der Waals surface area contributed by atoms with Crippen LogP contribution in [0.2, 0.25) is 0 Å². The zero-order valence-electron chi connectivity index (χ0n) is 11.2. The average Bonchev–Trinajstić information content (AvgIpc) is 2.88. The second-order valence-electron chi connectivity index (χ2n) is 4.63. The summed E-state index contributed by atoms with van der Waals surface area (Å²) in [5.41, 5.74) is 4.03. The monoisotopic (exact) mass is 328 g/mol. The van der Waals surface area contributed by atoms with Crippen molar-refractivity contribution < 1.29 is 0 Å². The lowest BCUT2D eigenvalue weighted by molar-refractivity contribution is 0.794. The van der Waals surface area contributed by atoms with Crippen LogP contribution in [0.5, 0.6) is 0 Å². The molecule has 0 amide bonds. The van der Waals surface area contributed by atoms with E-state index in [9.17, 15) is 0 Å². The lowest BCUT2D eigenvalue weighted by Gasteiger charge is -2.02. The molecule has 0 radical (unpaired) electrons. The minimum atomic E-state index is 0.603. The van der Waals surface area contributed by atoms with Crippen molar-refractivity contribution in [1.82, 2.24) is 19.7 Å². The van der Waals surface area contributed by atoms with Gasteiger partial charge in [-0.2, -0.15) is 5.10 Å². The number of hydrogen-bond acceptors (Lipinski definition) is 3. The first-order valence-electron chi connectivity index (χ1n) is 6.25. The summed E-state index contributed by atoms with van der Waals surface area (Å²) in [6.07, 6.45) is 3.77. The molecule has 0 unspecified atom stereocenters. The van der Waals surface area contributed by atoms with Gasteiger partial charge in [0.1, 0.15) is 0 Å². The van der Waals surface area contributed by atoms with E-state index in [2.05, 4.69) is 31.0 Å². The summed E-state index contributed by atoms with van der Waals surface area (Å²) >= 11 is 3.44. The number of aryl methyl sites for hydroxylation is 2. The Balaban J connectivity index is 1.99. The van der Waals surface area contributed by atoms with Gasteiger partial charge in [-0.05, 0) is 37.6 Å². The summed E-state index contributed by atoms with van der Waals surface area (Å²) in [7, 11) is 0. The summed E-state index contributed by atoms with van der Waals surface area (Å²) in [5.74, 6) is 0.603. The van der Waals surface area contributed by atoms with Crippen molar-refractivity contribution >= 4 is 15.9 Å². The molecule has 3 rings (SSSR count). The first-order chi connectivity index (χ1) is 9.61. The Morgan fingerprint density at radius 1 is 0.950 bits per heavy atom. The zero-order valence-corrected chi connectivity index (χ0v) is 12.8. The molecule has 2 heterocycles. The topological polar surface area (TPSA) is 43.6 Å². The zero-order chi connectivity index (χ0) is 14.1. The Kier molecular flexibility index (Phi) is 3.36. The van der Waals surface area contributed by atoms with Gasteiger partial charge >= 0.3 is 0 Å². The molecule has 0 aliphatic rings. The van der Waals surface area contributed by atoms with Gasteiger partial charge in [0.15, 0.2) is 0 Å². The molecule has 4 nitrogen and oxygen atoms in total. The Bertz CT molecular complexity index is 727. The number of aromatic nitrogens is 4. The van der Waals surface area contributed by atoms with Crippen LogP contribution in [0, 0.1) is 13.8 Å². The molecule has 0 saturated carbocycles. The number of benzene rings is 1. The largest absolute Gasteiger partial charge is 0.250 e. The fourth-order valence-electron chi connectivity index (χ4n) is 2.03. The van der Waals surface area contributed by atoms with Crippen LogP contribution in [0.1, 0.15) is 11.4 Å². The predicted octanol–water partition coefficient (Wildman–Crippen LogP) is 3.71. The number of halogens is 1. The molecule has 5 heteroatoms. The van der Waals surface area contributed by atoms with Gasteiger partial charge < -0.3 is 0 Å². The van der Waals surface area contributed by atoms with Crippen LogP contribution in [0.4, 0.5) is 0 Å². The first kappa shape index (κ1) is 13.0. The highest BCUT2D eigenvalue weighted by atomic mass is 79.9. The molecule has 0 spiro atoms. The highest BCUT2D eigenvalue weighted by Gasteiger charge is 2.06. The molecule has 20 heavy (non-hydrogen) atoms. The van der Waals surface area contributed by atoms with Crippen LogP contribution < -0.4 is 0 Å². The minimum absolute atomic E-state index is 0.603. The number of hydrogen-bond donors (Lipinski definition) is 0. The van der Waals surface area contributed by atoms with Gasteiger partial charge in [0.05, 0.1) is 6.20 Å². The molecule has 2 aromatic heterocycles. The van der Waals surface area contributed by atoms with Crippen LogP contribution in [-0.4, -0.2) is 19.7 Å². The molecule has 0 aliphatic heterocycles. The van der Waals surface area contributed by atoms with E-state index in [4.69, 9.17) is 0 Å². The van der Waals surface area contributed by atoms with Gasteiger partial charge in [-0.3, -0.25) is 0 Å². The third-order valence-electron chi connectivity index (χ3n) is 2.94. The van der Waals surface area contributed by atoms with Crippen LogP contribution in [0.3, 0.4) is 0 Å². The van der Waals surface area contributed by atoms with E-state index in [0.717, 1.165) is 27.0 Å². The SMILES string of the molecule is Cc1cc(C)nc(-n2cc(-c3ccc(Br)cc3)cn2)n1. The van der Waals surface area contributed by atoms with E-state index in [1.54, 1.807) is 4.68 Å². The van der Waals surface area contributed by atoms with Crippen LogP contribution in [0.15, 0.2) is 47.2 Å². The summed E-state index contributed by atoms with van der Waals surface area (Å²) in [4.78, 5) is 8.81. The van der Waals surface area contributed by atoms with E-state index < -0.39 is 0 Å². The van der Waals surface area contributed by atoms with Crippen molar-refractivity contribution in [2.75, 3.05) is 0 Å². The molecule has 0 N–H and O–H groups in total. The first-order valence-corrected chi connectivity index (χ1v) is 7.04. The van der Waals surface area contributed by atoms with E-state index in [1.165, 1.54) is 0 Å². The van der Waals surface area contributed by atoms with Crippen molar-refractivity contribution in [2.24, 2.45) is 0 Å². The smallest absolute Gasteiger partial charge is 0.216 e. The third-order valence-corrected chi connectivity index (χ3v) is 3.46. The second kappa shape index (κ2) is 5.17. The third kappa shape index (κ3) is 2.63. The Hall–Kier alpha value is -2.01. The maximum absolute atomic E-state index is 4.41. The summed E-state index contributed by atoms with van der Waals surface area (Å²) in [5, 5.41) is 4.35. The molecule has 0 saturated heterocycles. The highest BCUT2D eigenvalue weighted by Crippen LogP contribution is 2.21. The predicted molar refractivity (Wildman–Crippen MR) is 81.8 cm³/mol. The van der Waals surface area contributed by atoms with E-state index in [0.29, 0.717) is 5.95 Å². The molecule has 0 atom stereocenters. The normalized spacial score (nSPS) is 10.8. The maximum atomic E-state index is 4.41. The summed E-state index contributed by atoms with van der Waals surface area (Å²) in [6, 6.07) is 10.1. The lowest BCUT2D eigenvalue weighted by Crippen LogP contribution is -2.03. The van der Waals surface area contributed by atoms with Gasteiger partial charge in [-0.1, -0.05) is 28.1 Å². The van der Waals surface area contributed by atoms with Crippen molar-refractivity contribution in [1.29, 1.82) is 0 Å². The minimum Gasteiger partial charge on any atom is -0.216 e. The average molecular weight is 329 g/mol. The highest BCUT2D eigenvalue weighted by molar-refractivity contribution is 9.10. The van der Waals surface area contributed by atoms with Gasteiger partial charge in [0, 0.05) is 27.6 Å². The van der Waals surface area contributed by atoms with E-state index >= 15 is 0 Å². The molecule has 0 fully saturated rings. The standard InChI is InChI=1S/C15H13BrN4/c1-10-7-11(2)19-15(18-10)20-9-13(8-17-20)12-3-5-14(16)6-4-12/h3-9H,1-2H3. The van der Waals surface area contributed by atoms with Gasteiger partial charge in [-0.15, -0.1) is 0 Å².